The molecule has 0 atom stereocenters. The molecule has 0 aliphatic heterocycles. The summed E-state index contributed by atoms with van der Waals surface area (Å²) < 4.78 is 36.3. The number of methoxy groups -OCH3 is 1. The molecule has 2 aromatic rings. The second-order valence-corrected chi connectivity index (χ2v) is 6.30. The molecule has 8 heteroatoms. The molecule has 28 heavy (non-hydrogen) atoms. The fourth-order valence-corrected chi connectivity index (χ4v) is 2.85. The molecule has 1 aromatic carbocycles. The van der Waals surface area contributed by atoms with Crippen LogP contribution in [0.5, 0.6) is 11.5 Å². The van der Waals surface area contributed by atoms with Crippen molar-refractivity contribution in [2.45, 2.75) is 32.9 Å². The number of benzene rings is 1. The van der Waals surface area contributed by atoms with Gasteiger partial charge in [-0.25, -0.2) is 0 Å². The van der Waals surface area contributed by atoms with Crippen molar-refractivity contribution in [3.05, 3.63) is 64.1 Å². The molecule has 1 aliphatic carbocycles. The molecule has 3 rings (SSSR count). The highest BCUT2D eigenvalue weighted by Gasteiger charge is 2.13. The second-order valence-electron chi connectivity index (χ2n) is 6.30. The minimum Gasteiger partial charge on any atom is -0.490 e. The number of anilines is 2. The fourth-order valence-electron chi connectivity index (χ4n) is 2.85. The molecule has 0 fully saturated rings. The van der Waals surface area contributed by atoms with Gasteiger partial charge in [-0.3, -0.25) is 4.79 Å². The van der Waals surface area contributed by atoms with E-state index >= 15 is 0 Å². The van der Waals surface area contributed by atoms with E-state index in [9.17, 15) is 13.6 Å². The van der Waals surface area contributed by atoms with Crippen molar-refractivity contribution >= 4 is 11.6 Å². The summed E-state index contributed by atoms with van der Waals surface area (Å²) in [5.41, 5.74) is 1.85. The van der Waals surface area contributed by atoms with E-state index in [1.165, 1.54) is 19.2 Å². The number of hydrogen-bond donors (Lipinski definition) is 1. The first kappa shape index (κ1) is 19.6. The summed E-state index contributed by atoms with van der Waals surface area (Å²) in [6.07, 6.45) is 9.76. The average Bonchev–Trinajstić information content (AvgIpc) is 2.67. The Morgan fingerprint density at radius 1 is 1.32 bits per heavy atom. The molecule has 0 bridgehead atoms. The number of rotatable bonds is 7. The molecule has 0 spiro atoms. The Kier molecular flexibility index (Phi) is 6.08. The normalized spacial score (nSPS) is 13.4. The molecule has 6 nitrogen and oxygen atoms in total. The number of hydrogen-bond acceptors (Lipinski definition) is 5. The monoisotopic (exact) mass is 389 g/mol. The minimum atomic E-state index is -2.92. The van der Waals surface area contributed by atoms with Crippen molar-refractivity contribution in [1.29, 1.82) is 0 Å². The minimum absolute atomic E-state index is 0.0171. The zero-order chi connectivity index (χ0) is 20.1. The topological polar surface area (TPSA) is 65.4 Å². The molecule has 1 N–H and O–H groups in total. The van der Waals surface area contributed by atoms with Crippen LogP contribution in [0.1, 0.15) is 18.4 Å². The number of nitrogens with zero attached hydrogens (tertiary/aromatic N) is 2. The summed E-state index contributed by atoms with van der Waals surface area (Å²) in [6.45, 7) is -0.625. The van der Waals surface area contributed by atoms with Crippen LogP contribution < -0.4 is 20.3 Å². The van der Waals surface area contributed by atoms with Crippen LogP contribution in [0.15, 0.2) is 53.0 Å². The predicted molar refractivity (Wildman–Crippen MR) is 103 cm³/mol. The number of alkyl halides is 2. The molecular formula is C20H21F2N3O3. The smallest absolute Gasteiger partial charge is 0.387 e. The fraction of sp³-hybridized carbons (Fsp3) is 0.300. The van der Waals surface area contributed by atoms with Gasteiger partial charge in [0.1, 0.15) is 5.75 Å². The van der Waals surface area contributed by atoms with Gasteiger partial charge in [-0.15, -0.1) is 0 Å². The maximum Gasteiger partial charge on any atom is 0.387 e. The van der Waals surface area contributed by atoms with Crippen LogP contribution in [-0.4, -0.2) is 23.3 Å². The van der Waals surface area contributed by atoms with E-state index in [1.807, 2.05) is 13.0 Å². The van der Waals surface area contributed by atoms with Crippen molar-refractivity contribution in [3.63, 3.8) is 0 Å². The molecule has 1 aromatic heterocycles. The van der Waals surface area contributed by atoms with Crippen LogP contribution in [0.4, 0.5) is 20.4 Å². The Morgan fingerprint density at radius 2 is 2.14 bits per heavy atom. The van der Waals surface area contributed by atoms with Crippen LogP contribution >= 0.6 is 0 Å². The van der Waals surface area contributed by atoms with Gasteiger partial charge in [0, 0.05) is 11.8 Å². The summed E-state index contributed by atoms with van der Waals surface area (Å²) in [6, 6.07) is 4.55. The Morgan fingerprint density at radius 3 is 2.82 bits per heavy atom. The molecule has 148 valence electrons. The zero-order valence-corrected chi connectivity index (χ0v) is 15.6. The van der Waals surface area contributed by atoms with Gasteiger partial charge < -0.3 is 19.4 Å². The third-order valence-corrected chi connectivity index (χ3v) is 4.29. The highest BCUT2D eigenvalue weighted by molar-refractivity contribution is 5.61. The summed E-state index contributed by atoms with van der Waals surface area (Å²) in [4.78, 5) is 16.2. The van der Waals surface area contributed by atoms with Crippen LogP contribution in [-0.2, 0) is 6.54 Å². The van der Waals surface area contributed by atoms with E-state index in [2.05, 4.69) is 27.2 Å². The largest absolute Gasteiger partial charge is 0.490 e. The van der Waals surface area contributed by atoms with E-state index in [0.717, 1.165) is 24.0 Å². The third-order valence-electron chi connectivity index (χ3n) is 4.29. The van der Waals surface area contributed by atoms with Crippen molar-refractivity contribution < 1.29 is 18.3 Å². The van der Waals surface area contributed by atoms with Gasteiger partial charge >= 0.3 is 12.2 Å². The molecular weight excluding hydrogens is 368 g/mol. The van der Waals surface area contributed by atoms with Gasteiger partial charge in [0.15, 0.2) is 0 Å². The average molecular weight is 389 g/mol. The lowest BCUT2D eigenvalue weighted by Gasteiger charge is -2.18. The van der Waals surface area contributed by atoms with Crippen LogP contribution in [0, 0.1) is 6.92 Å². The molecule has 0 amide bonds. The second kappa shape index (κ2) is 8.69. The third kappa shape index (κ3) is 4.76. The van der Waals surface area contributed by atoms with Gasteiger partial charge in [-0.05, 0) is 37.0 Å². The standard InChI is InChI=1S/C20H21F2N3O3/c1-13-8-9-15(28-19(21)22)10-16(13)23-20-24-18(26)17(27-2)12-25(20)11-14-6-4-3-5-7-14/h4,6-10,12,19H,3,5,11H2,1-2H3,(H,23,24,26). The lowest BCUT2D eigenvalue weighted by Crippen LogP contribution is -2.19. The maximum atomic E-state index is 12.5. The van der Waals surface area contributed by atoms with Gasteiger partial charge in [0.2, 0.25) is 11.7 Å². The molecule has 0 unspecified atom stereocenters. The summed E-state index contributed by atoms with van der Waals surface area (Å²) in [5.74, 6) is 0.420. The summed E-state index contributed by atoms with van der Waals surface area (Å²) in [5, 5.41) is 3.06. The van der Waals surface area contributed by atoms with Crippen LogP contribution in [0.2, 0.25) is 0 Å². The number of allylic oxidation sites excluding steroid dienone is 4. The Balaban J connectivity index is 1.96. The van der Waals surface area contributed by atoms with Crippen molar-refractivity contribution in [2.75, 3.05) is 12.4 Å². The number of aromatic nitrogens is 2. The van der Waals surface area contributed by atoms with Gasteiger partial charge in [0.25, 0.3) is 0 Å². The van der Waals surface area contributed by atoms with E-state index in [1.54, 1.807) is 16.8 Å². The van der Waals surface area contributed by atoms with E-state index < -0.39 is 12.2 Å². The van der Waals surface area contributed by atoms with Gasteiger partial charge in [0.05, 0.1) is 19.9 Å². The highest BCUT2D eigenvalue weighted by Crippen LogP contribution is 2.26. The van der Waals surface area contributed by atoms with E-state index in [0.29, 0.717) is 12.2 Å². The van der Waals surface area contributed by atoms with Crippen LogP contribution in [0.3, 0.4) is 0 Å². The Bertz CT molecular complexity index is 968. The molecule has 1 heterocycles. The summed E-state index contributed by atoms with van der Waals surface area (Å²) in [7, 11) is 1.41. The highest BCUT2D eigenvalue weighted by atomic mass is 19.3. The first-order valence-corrected chi connectivity index (χ1v) is 8.80. The zero-order valence-electron chi connectivity index (χ0n) is 15.6. The summed E-state index contributed by atoms with van der Waals surface area (Å²) >= 11 is 0. The lowest BCUT2D eigenvalue weighted by molar-refractivity contribution is -0.0498. The SMILES string of the molecule is COc1cn(CC2=CCCC=C2)c(Nc2cc(OC(F)F)ccc2C)nc1=O. The first-order chi connectivity index (χ1) is 13.5. The number of ether oxygens (including phenoxy) is 2. The maximum absolute atomic E-state index is 12.5. The molecule has 0 radical (unpaired) electrons. The predicted octanol–water partition coefficient (Wildman–Crippen LogP) is 4.18. The van der Waals surface area contributed by atoms with Crippen molar-refractivity contribution in [3.8, 4) is 11.5 Å². The van der Waals surface area contributed by atoms with Crippen LogP contribution in [0.25, 0.3) is 0 Å². The quantitative estimate of drug-likeness (QED) is 0.770. The van der Waals surface area contributed by atoms with Crippen molar-refractivity contribution in [1.82, 2.24) is 9.55 Å². The van der Waals surface area contributed by atoms with E-state index in [-0.39, 0.29) is 17.4 Å². The molecule has 0 saturated heterocycles. The number of halogens is 2. The van der Waals surface area contributed by atoms with E-state index in [4.69, 9.17) is 4.74 Å². The molecule has 0 saturated carbocycles. The Hall–Kier alpha value is -3.16. The Labute approximate surface area is 161 Å². The number of nitrogens with one attached hydrogen (secondary N) is 1. The van der Waals surface area contributed by atoms with Gasteiger partial charge in [-0.1, -0.05) is 24.3 Å². The van der Waals surface area contributed by atoms with Crippen molar-refractivity contribution in [2.24, 2.45) is 0 Å². The first-order valence-electron chi connectivity index (χ1n) is 8.80. The number of aryl methyl sites for hydroxylation is 1. The van der Waals surface area contributed by atoms with Gasteiger partial charge in [-0.2, -0.15) is 13.8 Å². The molecule has 1 aliphatic rings. The lowest BCUT2D eigenvalue weighted by atomic mass is 10.1.